The van der Waals surface area contributed by atoms with Crippen molar-refractivity contribution >= 4 is 33.2 Å². The molecule has 0 aliphatic carbocycles. The molecule has 0 radical (unpaired) electrons. The number of aryl methyl sites for hydroxylation is 1. The van der Waals surface area contributed by atoms with Gasteiger partial charge < -0.3 is 16.0 Å². The number of anilines is 2. The molecule has 234 valence electrons. The minimum atomic E-state index is -4.46. The van der Waals surface area contributed by atoms with Crippen molar-refractivity contribution in [2.24, 2.45) is 0 Å². The Morgan fingerprint density at radius 2 is 1.80 bits per heavy atom. The average molecular weight is 630 g/mol. The number of sulfonamides is 1. The van der Waals surface area contributed by atoms with E-state index >= 15 is 0 Å². The first-order valence-corrected chi connectivity index (χ1v) is 15.7. The van der Waals surface area contributed by atoms with Gasteiger partial charge in [-0.05, 0) is 73.6 Å². The minimum Gasteiger partial charge on any atom is -0.397 e. The molecule has 44 heavy (non-hydrogen) atoms. The first kappa shape index (κ1) is 32.7. The topological polar surface area (TPSA) is 134 Å². The second-order valence-electron chi connectivity index (χ2n) is 10.4. The number of benzene rings is 2. The van der Waals surface area contributed by atoms with Crippen LogP contribution in [-0.4, -0.2) is 49.2 Å². The standard InChI is InChI=1S/C31H34F3N5O4S/c1-2-28(40)37-29-25(21-6-3-7-22(32)18-21)9-5-11-27(29)44(42,43)38-26(10-4-8-24-13-12-23(35)19-36-24)31(41)39-16-14-20(15-17-39)30(33)34/h3,5-7,9,11-13,18-19,26,38H,2,4,8,10,14-17,35H2,1H3,(H,37,40). The molecule has 4 N–H and O–H groups in total. The third-order valence-corrected chi connectivity index (χ3v) is 8.87. The number of hydrogen-bond donors (Lipinski definition) is 3. The van der Waals surface area contributed by atoms with Crippen molar-refractivity contribution in [3.05, 3.63) is 84.0 Å². The normalized spacial score (nSPS) is 14.3. The summed E-state index contributed by atoms with van der Waals surface area (Å²) in [6.45, 7) is 1.65. The number of nitrogens with two attached hydrogens (primary N) is 1. The largest absolute Gasteiger partial charge is 0.397 e. The maximum Gasteiger partial charge on any atom is 0.269 e. The zero-order valence-corrected chi connectivity index (χ0v) is 25.0. The molecule has 13 heteroatoms. The van der Waals surface area contributed by atoms with Crippen LogP contribution in [0.25, 0.3) is 11.1 Å². The molecule has 1 saturated heterocycles. The van der Waals surface area contributed by atoms with Gasteiger partial charge in [0.15, 0.2) is 0 Å². The second kappa shape index (κ2) is 14.5. The molecule has 1 aliphatic heterocycles. The van der Waals surface area contributed by atoms with Crippen LogP contribution in [-0.2, 0) is 26.0 Å². The van der Waals surface area contributed by atoms with Crippen molar-refractivity contribution in [1.29, 1.82) is 0 Å². The van der Waals surface area contributed by atoms with E-state index in [1.807, 2.05) is 0 Å². The highest BCUT2D eigenvalue weighted by atomic mass is 32.2. The number of rotatable bonds is 11. The van der Waals surface area contributed by atoms with Crippen molar-refractivity contribution < 1.29 is 31.2 Å². The Morgan fingerprint density at radius 1 is 1.07 bits per heavy atom. The van der Waals surface area contributed by atoms with E-state index in [0.29, 0.717) is 29.8 Å². The van der Waals surface area contributed by atoms with Gasteiger partial charge in [0.1, 0.15) is 16.8 Å². The first-order chi connectivity index (χ1) is 21.0. The molecule has 0 spiro atoms. The van der Waals surface area contributed by atoms with Gasteiger partial charge in [0.2, 0.25) is 21.8 Å². The maximum absolute atomic E-state index is 14.1. The zero-order valence-electron chi connectivity index (χ0n) is 24.2. The third kappa shape index (κ3) is 8.23. The molecular weight excluding hydrogens is 595 g/mol. The highest BCUT2D eigenvalue weighted by Crippen LogP contribution is 2.34. The van der Waals surface area contributed by atoms with Gasteiger partial charge in [0.25, 0.3) is 6.08 Å². The summed E-state index contributed by atoms with van der Waals surface area (Å²) >= 11 is 0. The molecule has 2 heterocycles. The van der Waals surface area contributed by atoms with E-state index in [0.717, 1.165) is 0 Å². The molecule has 0 saturated carbocycles. The number of piperidine rings is 1. The SMILES string of the molecule is CCC(=O)Nc1c(-c2cccc(F)c2)cccc1S(=O)(=O)NC(CCCc1ccc(N)cn1)C(=O)N1CCC(=C(F)F)CC1. The Hall–Kier alpha value is -4.23. The van der Waals surface area contributed by atoms with Gasteiger partial charge in [-0.25, -0.2) is 12.8 Å². The lowest BCUT2D eigenvalue weighted by Gasteiger charge is -2.31. The molecular formula is C31H34F3N5O4S. The molecule has 4 rings (SSSR count). The molecule has 1 aromatic heterocycles. The number of carbonyl (C=O) groups is 2. The molecule has 9 nitrogen and oxygen atoms in total. The Labute approximate surface area is 254 Å². The number of halogens is 3. The van der Waals surface area contributed by atoms with E-state index < -0.39 is 39.8 Å². The number of aromatic nitrogens is 1. The molecule has 2 aromatic carbocycles. The van der Waals surface area contributed by atoms with Crippen LogP contribution >= 0.6 is 0 Å². The number of nitrogens with one attached hydrogen (secondary N) is 2. The van der Waals surface area contributed by atoms with E-state index in [1.54, 1.807) is 31.2 Å². The zero-order chi connectivity index (χ0) is 31.9. The monoisotopic (exact) mass is 629 g/mol. The lowest BCUT2D eigenvalue weighted by Crippen LogP contribution is -2.50. The first-order valence-electron chi connectivity index (χ1n) is 14.2. The summed E-state index contributed by atoms with van der Waals surface area (Å²) in [5.74, 6) is -1.56. The Kier molecular flexibility index (Phi) is 10.8. The summed E-state index contributed by atoms with van der Waals surface area (Å²) in [6, 6.07) is 12.0. The van der Waals surface area contributed by atoms with Crippen molar-refractivity contribution in [1.82, 2.24) is 14.6 Å². The van der Waals surface area contributed by atoms with Crippen LogP contribution in [0.2, 0.25) is 0 Å². The van der Waals surface area contributed by atoms with Gasteiger partial charge >= 0.3 is 0 Å². The fourth-order valence-electron chi connectivity index (χ4n) is 4.97. The van der Waals surface area contributed by atoms with Gasteiger partial charge in [-0.1, -0.05) is 31.2 Å². The van der Waals surface area contributed by atoms with Crippen LogP contribution in [0.3, 0.4) is 0 Å². The predicted octanol–water partition coefficient (Wildman–Crippen LogP) is 5.26. The van der Waals surface area contributed by atoms with Crippen LogP contribution < -0.4 is 15.8 Å². The quantitative estimate of drug-likeness (QED) is 0.265. The van der Waals surface area contributed by atoms with E-state index in [-0.39, 0.29) is 60.5 Å². The van der Waals surface area contributed by atoms with E-state index in [9.17, 15) is 31.2 Å². The molecule has 1 unspecified atom stereocenters. The molecule has 0 bridgehead atoms. The Balaban J connectivity index is 1.66. The van der Waals surface area contributed by atoms with Crippen molar-refractivity contribution in [3.8, 4) is 11.1 Å². The Bertz CT molecular complexity index is 1630. The lowest BCUT2D eigenvalue weighted by atomic mass is 10.0. The van der Waals surface area contributed by atoms with Crippen molar-refractivity contribution in [2.45, 2.75) is 56.4 Å². The van der Waals surface area contributed by atoms with Gasteiger partial charge in [-0.3, -0.25) is 14.6 Å². The number of nitrogens with zero attached hydrogens (tertiary/aromatic N) is 2. The fourth-order valence-corrected chi connectivity index (χ4v) is 6.38. The van der Waals surface area contributed by atoms with Gasteiger partial charge in [-0.15, -0.1) is 0 Å². The second-order valence-corrected chi connectivity index (χ2v) is 12.1. The predicted molar refractivity (Wildman–Crippen MR) is 162 cm³/mol. The smallest absolute Gasteiger partial charge is 0.269 e. The van der Waals surface area contributed by atoms with Gasteiger partial charge in [0.05, 0.1) is 17.6 Å². The van der Waals surface area contributed by atoms with Gasteiger partial charge in [0, 0.05) is 30.8 Å². The fraction of sp³-hybridized carbons (Fsp3) is 0.323. The molecule has 1 aliphatic rings. The van der Waals surface area contributed by atoms with Crippen molar-refractivity contribution in [3.63, 3.8) is 0 Å². The number of hydrogen-bond acceptors (Lipinski definition) is 6. The molecule has 3 aromatic rings. The summed E-state index contributed by atoms with van der Waals surface area (Å²) in [6.07, 6.45) is 0.662. The number of carbonyl (C=O) groups excluding carboxylic acids is 2. The number of para-hydroxylation sites is 1. The van der Waals surface area contributed by atoms with Gasteiger partial charge in [-0.2, -0.15) is 13.5 Å². The van der Waals surface area contributed by atoms with Crippen LogP contribution in [0.5, 0.6) is 0 Å². The third-order valence-electron chi connectivity index (χ3n) is 7.35. The summed E-state index contributed by atoms with van der Waals surface area (Å²) in [5.41, 5.74) is 7.43. The minimum absolute atomic E-state index is 0.00816. The number of pyridine rings is 1. The van der Waals surface area contributed by atoms with E-state index in [2.05, 4.69) is 15.0 Å². The summed E-state index contributed by atoms with van der Waals surface area (Å²) in [5, 5.41) is 2.63. The van der Waals surface area contributed by atoms with Crippen LogP contribution in [0.4, 0.5) is 24.5 Å². The van der Waals surface area contributed by atoms with E-state index in [1.165, 1.54) is 41.4 Å². The number of nitrogen functional groups attached to an aromatic ring is 1. The molecule has 1 atom stereocenters. The number of amides is 2. The van der Waals surface area contributed by atoms with E-state index in [4.69, 9.17) is 5.73 Å². The lowest BCUT2D eigenvalue weighted by molar-refractivity contribution is -0.133. The Morgan fingerprint density at radius 3 is 2.43 bits per heavy atom. The summed E-state index contributed by atoms with van der Waals surface area (Å²) in [7, 11) is -4.46. The highest BCUT2D eigenvalue weighted by molar-refractivity contribution is 7.89. The average Bonchev–Trinajstić information content (AvgIpc) is 3.01. The highest BCUT2D eigenvalue weighted by Gasteiger charge is 2.33. The number of likely N-dealkylation sites (tertiary alicyclic amines) is 1. The van der Waals surface area contributed by atoms with Crippen LogP contribution in [0.1, 0.15) is 44.7 Å². The van der Waals surface area contributed by atoms with Crippen molar-refractivity contribution in [2.75, 3.05) is 24.1 Å². The van der Waals surface area contributed by atoms with Crippen LogP contribution in [0.15, 0.2) is 77.3 Å². The molecule has 1 fully saturated rings. The maximum atomic E-state index is 14.1. The summed E-state index contributed by atoms with van der Waals surface area (Å²) < 4.78 is 70.7. The van der Waals surface area contributed by atoms with Crippen LogP contribution in [0, 0.1) is 5.82 Å². The molecule has 2 amide bonds. The summed E-state index contributed by atoms with van der Waals surface area (Å²) in [4.78, 5) is 31.5.